The Labute approximate surface area is 98.2 Å². The smallest absolute Gasteiger partial charge is 0.269 e. The molecule has 1 aliphatic rings. The third-order valence-corrected chi connectivity index (χ3v) is 5.15. The summed E-state index contributed by atoms with van der Waals surface area (Å²) in [5, 5.41) is 2.97. The molecule has 1 saturated carbocycles. The van der Waals surface area contributed by atoms with E-state index in [-0.39, 0.29) is 11.8 Å². The molecule has 4 nitrogen and oxygen atoms in total. The molecule has 0 bridgehead atoms. The van der Waals surface area contributed by atoms with Crippen LogP contribution in [0.5, 0.6) is 0 Å². The standard InChI is InChI=1S/C11H21NO3S/c1-5-12-15-16(13,14)11-9(3)6-8(2)7-10(11)4/h5,8-11H,6-7H2,1-4H3/b12-5+. The fourth-order valence-corrected chi connectivity index (χ4v) is 4.58. The highest BCUT2D eigenvalue weighted by molar-refractivity contribution is 7.87. The zero-order chi connectivity index (χ0) is 12.3. The van der Waals surface area contributed by atoms with Gasteiger partial charge in [0.2, 0.25) is 0 Å². The second kappa shape index (κ2) is 5.17. The topological polar surface area (TPSA) is 55.7 Å². The lowest BCUT2D eigenvalue weighted by atomic mass is 9.77. The van der Waals surface area contributed by atoms with Crippen molar-refractivity contribution in [2.75, 3.05) is 0 Å². The van der Waals surface area contributed by atoms with Crippen LogP contribution in [-0.4, -0.2) is 19.9 Å². The Balaban J connectivity index is 2.85. The zero-order valence-corrected chi connectivity index (χ0v) is 11.2. The molecule has 1 rings (SSSR count). The van der Waals surface area contributed by atoms with Gasteiger partial charge in [-0.15, -0.1) is 0 Å². The molecule has 0 aromatic rings. The van der Waals surface area contributed by atoms with Gasteiger partial charge in [0.05, 0.1) is 0 Å². The summed E-state index contributed by atoms with van der Waals surface area (Å²) in [6, 6.07) is 0. The molecule has 5 heteroatoms. The maximum atomic E-state index is 11.9. The summed E-state index contributed by atoms with van der Waals surface area (Å²) in [4.78, 5) is 0. The molecular weight excluding hydrogens is 226 g/mol. The van der Waals surface area contributed by atoms with Gasteiger partial charge in [-0.25, -0.2) is 0 Å². The molecule has 1 fully saturated rings. The first kappa shape index (κ1) is 13.5. The molecule has 0 N–H and O–H groups in total. The molecule has 1 aliphatic carbocycles. The van der Waals surface area contributed by atoms with E-state index in [2.05, 4.69) is 16.4 Å². The van der Waals surface area contributed by atoms with Gasteiger partial charge in [-0.2, -0.15) is 8.42 Å². The number of rotatable bonds is 3. The van der Waals surface area contributed by atoms with Gasteiger partial charge in [0.25, 0.3) is 0 Å². The van der Waals surface area contributed by atoms with E-state index in [4.69, 9.17) is 0 Å². The third kappa shape index (κ3) is 2.97. The van der Waals surface area contributed by atoms with Gasteiger partial charge >= 0.3 is 10.1 Å². The SMILES string of the molecule is C/C=N/OS(=O)(=O)C1C(C)CC(C)CC1C. The molecule has 0 saturated heterocycles. The Morgan fingerprint density at radius 3 is 2.12 bits per heavy atom. The lowest BCUT2D eigenvalue weighted by molar-refractivity contribution is 0.216. The summed E-state index contributed by atoms with van der Waals surface area (Å²) in [6.07, 6.45) is 3.22. The van der Waals surface area contributed by atoms with Crippen LogP contribution in [0.2, 0.25) is 0 Å². The number of oxime groups is 1. The number of hydrogen-bond donors (Lipinski definition) is 0. The van der Waals surface area contributed by atoms with E-state index in [1.807, 2.05) is 13.8 Å². The molecule has 0 aromatic carbocycles. The van der Waals surface area contributed by atoms with Crippen LogP contribution >= 0.6 is 0 Å². The van der Waals surface area contributed by atoms with E-state index >= 15 is 0 Å². The molecule has 0 heterocycles. The molecule has 16 heavy (non-hydrogen) atoms. The molecule has 0 aliphatic heterocycles. The van der Waals surface area contributed by atoms with E-state index in [1.54, 1.807) is 6.92 Å². The Bertz CT molecular complexity index is 338. The molecule has 0 aromatic heterocycles. The fourth-order valence-electron chi connectivity index (χ4n) is 2.92. The molecule has 0 amide bonds. The van der Waals surface area contributed by atoms with Crippen LogP contribution in [0.4, 0.5) is 0 Å². The molecule has 0 spiro atoms. The monoisotopic (exact) mass is 247 g/mol. The molecule has 2 unspecified atom stereocenters. The van der Waals surface area contributed by atoms with Crippen LogP contribution in [0, 0.1) is 17.8 Å². The molecule has 2 atom stereocenters. The molecule has 0 radical (unpaired) electrons. The number of nitrogens with zero attached hydrogens (tertiary/aromatic N) is 1. The van der Waals surface area contributed by atoms with Crippen LogP contribution in [0.25, 0.3) is 0 Å². The van der Waals surface area contributed by atoms with E-state index < -0.39 is 15.4 Å². The van der Waals surface area contributed by atoms with Gasteiger partial charge < -0.3 is 0 Å². The average Bonchev–Trinajstić information content (AvgIpc) is 2.12. The highest BCUT2D eigenvalue weighted by Crippen LogP contribution is 2.37. The number of hydrogen-bond acceptors (Lipinski definition) is 4. The second-order valence-corrected chi connectivity index (χ2v) is 6.61. The lowest BCUT2D eigenvalue weighted by Crippen LogP contribution is -2.40. The Hall–Kier alpha value is -0.580. The summed E-state index contributed by atoms with van der Waals surface area (Å²) in [5.74, 6) is 0.859. The average molecular weight is 247 g/mol. The van der Waals surface area contributed by atoms with Crippen molar-refractivity contribution in [3.8, 4) is 0 Å². The van der Waals surface area contributed by atoms with Crippen molar-refractivity contribution in [3.05, 3.63) is 0 Å². The predicted molar refractivity (Wildman–Crippen MR) is 64.7 cm³/mol. The Kier molecular flexibility index (Phi) is 4.35. The minimum absolute atomic E-state index is 0.135. The summed E-state index contributed by atoms with van der Waals surface area (Å²) in [5.41, 5.74) is 0. The van der Waals surface area contributed by atoms with E-state index in [0.717, 1.165) is 12.8 Å². The maximum Gasteiger partial charge on any atom is 0.331 e. The van der Waals surface area contributed by atoms with Crippen molar-refractivity contribution in [1.29, 1.82) is 0 Å². The van der Waals surface area contributed by atoms with Crippen LogP contribution in [0.15, 0.2) is 5.16 Å². The van der Waals surface area contributed by atoms with E-state index in [0.29, 0.717) is 5.92 Å². The first-order valence-electron chi connectivity index (χ1n) is 5.79. The summed E-state index contributed by atoms with van der Waals surface area (Å²) in [7, 11) is -3.57. The van der Waals surface area contributed by atoms with Gasteiger partial charge in [-0.3, -0.25) is 4.28 Å². The fraction of sp³-hybridized carbons (Fsp3) is 0.909. The normalized spacial score (nSPS) is 36.5. The zero-order valence-electron chi connectivity index (χ0n) is 10.4. The van der Waals surface area contributed by atoms with Gasteiger partial charge in [0.15, 0.2) is 0 Å². The third-order valence-electron chi connectivity index (χ3n) is 3.26. The minimum Gasteiger partial charge on any atom is -0.269 e. The van der Waals surface area contributed by atoms with Crippen molar-refractivity contribution in [3.63, 3.8) is 0 Å². The summed E-state index contributed by atoms with van der Waals surface area (Å²) in [6.45, 7) is 7.76. The highest BCUT2D eigenvalue weighted by Gasteiger charge is 2.41. The van der Waals surface area contributed by atoms with E-state index in [1.165, 1.54) is 6.21 Å². The van der Waals surface area contributed by atoms with Gasteiger partial charge in [-0.1, -0.05) is 25.9 Å². The Morgan fingerprint density at radius 1 is 1.19 bits per heavy atom. The van der Waals surface area contributed by atoms with Crippen LogP contribution in [0.3, 0.4) is 0 Å². The first-order chi connectivity index (χ1) is 7.38. The Morgan fingerprint density at radius 2 is 1.69 bits per heavy atom. The minimum atomic E-state index is -3.57. The van der Waals surface area contributed by atoms with Gasteiger partial charge in [0.1, 0.15) is 5.25 Å². The highest BCUT2D eigenvalue weighted by atomic mass is 32.2. The molecule has 94 valence electrons. The largest absolute Gasteiger partial charge is 0.331 e. The summed E-state index contributed by atoms with van der Waals surface area (Å²) < 4.78 is 28.5. The second-order valence-electron chi connectivity index (χ2n) is 4.93. The first-order valence-corrected chi connectivity index (χ1v) is 7.26. The van der Waals surface area contributed by atoms with Crippen molar-refractivity contribution in [1.82, 2.24) is 0 Å². The van der Waals surface area contributed by atoms with Crippen LogP contribution < -0.4 is 0 Å². The van der Waals surface area contributed by atoms with Crippen molar-refractivity contribution in [2.45, 2.75) is 45.8 Å². The van der Waals surface area contributed by atoms with Crippen molar-refractivity contribution >= 4 is 16.3 Å². The summed E-state index contributed by atoms with van der Waals surface area (Å²) >= 11 is 0. The van der Waals surface area contributed by atoms with E-state index in [9.17, 15) is 8.42 Å². The van der Waals surface area contributed by atoms with Crippen molar-refractivity contribution < 1.29 is 12.7 Å². The van der Waals surface area contributed by atoms with Gasteiger partial charge in [0, 0.05) is 6.21 Å². The quantitative estimate of drug-likeness (QED) is 0.568. The van der Waals surface area contributed by atoms with Crippen LogP contribution in [0.1, 0.15) is 40.5 Å². The maximum absolute atomic E-state index is 11.9. The molecular formula is C11H21NO3S. The lowest BCUT2D eigenvalue weighted by Gasteiger charge is -2.35. The van der Waals surface area contributed by atoms with Crippen LogP contribution in [-0.2, 0) is 14.4 Å². The van der Waals surface area contributed by atoms with Crippen molar-refractivity contribution in [2.24, 2.45) is 22.9 Å². The van der Waals surface area contributed by atoms with Gasteiger partial charge in [-0.05, 0) is 37.5 Å². The predicted octanol–water partition coefficient (Wildman–Crippen LogP) is 2.41.